The van der Waals surface area contributed by atoms with Crippen LogP contribution in [0.25, 0.3) is 11.1 Å². The van der Waals surface area contributed by atoms with E-state index >= 15 is 0 Å². The van der Waals surface area contributed by atoms with E-state index in [1.54, 1.807) is 31.4 Å². The first-order chi connectivity index (χ1) is 20.4. The lowest BCUT2D eigenvalue weighted by atomic mass is 10.00. The van der Waals surface area contributed by atoms with Gasteiger partial charge in [-0.2, -0.15) is 18.4 Å². The summed E-state index contributed by atoms with van der Waals surface area (Å²) in [6.45, 7) is 5.01. The quantitative estimate of drug-likeness (QED) is 0.365. The van der Waals surface area contributed by atoms with Gasteiger partial charge in [0.1, 0.15) is 11.6 Å². The number of benzene rings is 3. The average Bonchev–Trinajstić information content (AvgIpc) is 3.19. The van der Waals surface area contributed by atoms with Gasteiger partial charge in [0.15, 0.2) is 0 Å². The fraction of sp³-hybridized carbons (Fsp3) is 0.323. The maximum atomic E-state index is 15.0. The third-order valence-corrected chi connectivity index (χ3v) is 6.81. The first-order valence-electron chi connectivity index (χ1n) is 13.4. The van der Waals surface area contributed by atoms with Crippen LogP contribution >= 0.6 is 0 Å². The molecule has 1 aliphatic rings. The molecule has 43 heavy (non-hydrogen) atoms. The molecule has 1 fully saturated rings. The standard InChI is InChI=1S/C29H31FN4O2.C2HF3O2/c1-33-11-4-12-34(14-13-33)20-26-16-22(9-10-28(26)36-2)23-7-8-25(27(30)17-23)19-32-29(35)24-6-3-5-21(15-24)18-31;3-2(4,5)1(6)7/h3,5-10,15-17H,4,11-14,19-20H2,1-2H3,(H,32,35);(H,6,7). The summed E-state index contributed by atoms with van der Waals surface area (Å²) in [5, 5.41) is 18.9. The van der Waals surface area contributed by atoms with Crippen LogP contribution in [-0.4, -0.2) is 73.3 Å². The molecule has 12 heteroatoms. The van der Waals surface area contributed by atoms with Gasteiger partial charge in [0.2, 0.25) is 0 Å². The van der Waals surface area contributed by atoms with E-state index < -0.39 is 12.1 Å². The summed E-state index contributed by atoms with van der Waals surface area (Å²) < 4.78 is 52.3. The zero-order chi connectivity index (χ0) is 31.6. The predicted octanol–water partition coefficient (Wildman–Crippen LogP) is 5.07. The Morgan fingerprint density at radius 3 is 2.35 bits per heavy atom. The van der Waals surface area contributed by atoms with Crippen LogP contribution in [-0.2, 0) is 17.9 Å². The normalized spacial score (nSPS) is 14.1. The number of likely N-dealkylation sites (N-methyl/N-ethyl adjacent to an activating group) is 1. The van der Waals surface area contributed by atoms with Crippen LogP contribution in [0, 0.1) is 17.1 Å². The highest BCUT2D eigenvalue weighted by Gasteiger charge is 2.38. The molecule has 0 unspecified atom stereocenters. The molecule has 0 spiro atoms. The largest absolute Gasteiger partial charge is 0.496 e. The monoisotopic (exact) mass is 600 g/mol. The molecule has 8 nitrogen and oxygen atoms in total. The zero-order valence-electron chi connectivity index (χ0n) is 23.7. The molecule has 2 N–H and O–H groups in total. The Kier molecular flexibility index (Phi) is 11.6. The van der Waals surface area contributed by atoms with Crippen LogP contribution in [0.1, 0.15) is 33.5 Å². The van der Waals surface area contributed by atoms with Crippen LogP contribution in [0.15, 0.2) is 60.7 Å². The molecule has 1 heterocycles. The van der Waals surface area contributed by atoms with Crippen molar-refractivity contribution in [3.8, 4) is 22.9 Å². The van der Waals surface area contributed by atoms with E-state index in [0.29, 0.717) is 16.7 Å². The van der Waals surface area contributed by atoms with Crippen molar-refractivity contribution in [2.75, 3.05) is 40.3 Å². The lowest BCUT2D eigenvalue weighted by Crippen LogP contribution is -2.28. The number of alkyl halides is 3. The minimum absolute atomic E-state index is 0.0546. The molecule has 0 aliphatic carbocycles. The number of carboxylic acids is 1. The van der Waals surface area contributed by atoms with E-state index in [1.165, 1.54) is 12.1 Å². The third kappa shape index (κ3) is 9.80. The van der Waals surface area contributed by atoms with Crippen molar-refractivity contribution in [2.24, 2.45) is 0 Å². The molecular formula is C31H32F4N4O4. The number of methoxy groups -OCH3 is 1. The molecule has 3 aromatic rings. The molecule has 1 aliphatic heterocycles. The molecule has 4 rings (SSSR count). The van der Waals surface area contributed by atoms with Gasteiger partial charge < -0.3 is 20.1 Å². The van der Waals surface area contributed by atoms with Crippen LogP contribution in [0.4, 0.5) is 17.6 Å². The zero-order valence-corrected chi connectivity index (χ0v) is 23.7. The molecule has 3 aromatic carbocycles. The number of hydrogen-bond acceptors (Lipinski definition) is 6. The van der Waals surface area contributed by atoms with E-state index in [9.17, 15) is 22.4 Å². The van der Waals surface area contributed by atoms with Gasteiger partial charge in [0.05, 0.1) is 18.7 Å². The Labute approximate surface area is 247 Å². The number of hydrogen-bond donors (Lipinski definition) is 2. The second-order valence-corrected chi connectivity index (χ2v) is 9.94. The van der Waals surface area contributed by atoms with Crippen molar-refractivity contribution in [1.82, 2.24) is 15.1 Å². The second kappa shape index (κ2) is 15.1. The first kappa shape index (κ1) is 33.0. The summed E-state index contributed by atoms with van der Waals surface area (Å²) in [5.74, 6) is -2.66. The number of ether oxygens (including phenoxy) is 1. The summed E-state index contributed by atoms with van der Waals surface area (Å²) in [4.78, 5) is 26.1. The number of amides is 1. The number of carboxylic acid groups (broad SMARTS) is 1. The summed E-state index contributed by atoms with van der Waals surface area (Å²) in [6.07, 6.45) is -3.95. The summed E-state index contributed by atoms with van der Waals surface area (Å²) in [5.41, 5.74) is 3.93. The molecular weight excluding hydrogens is 568 g/mol. The van der Waals surface area contributed by atoms with E-state index in [1.807, 2.05) is 24.3 Å². The molecule has 0 aromatic heterocycles. The van der Waals surface area contributed by atoms with Gasteiger partial charge in [0.25, 0.3) is 5.91 Å². The number of nitriles is 1. The van der Waals surface area contributed by atoms with Crippen molar-refractivity contribution in [3.63, 3.8) is 0 Å². The van der Waals surface area contributed by atoms with Crippen LogP contribution in [0.2, 0.25) is 0 Å². The molecule has 0 atom stereocenters. The summed E-state index contributed by atoms with van der Waals surface area (Å²) in [6, 6.07) is 19.5. The topological polar surface area (TPSA) is 106 Å². The predicted molar refractivity (Wildman–Crippen MR) is 152 cm³/mol. The summed E-state index contributed by atoms with van der Waals surface area (Å²) >= 11 is 0. The van der Waals surface area contributed by atoms with Gasteiger partial charge in [-0.1, -0.05) is 24.3 Å². The summed E-state index contributed by atoms with van der Waals surface area (Å²) in [7, 11) is 3.83. The number of carbonyl (C=O) groups excluding carboxylic acids is 1. The Balaban J connectivity index is 0.000000646. The highest BCUT2D eigenvalue weighted by Crippen LogP contribution is 2.29. The van der Waals surface area contributed by atoms with Gasteiger partial charge in [-0.05, 0) is 74.1 Å². The minimum Gasteiger partial charge on any atom is -0.496 e. The van der Waals surface area contributed by atoms with Crippen LogP contribution < -0.4 is 10.1 Å². The van der Waals surface area contributed by atoms with Gasteiger partial charge in [-0.15, -0.1) is 0 Å². The lowest BCUT2D eigenvalue weighted by molar-refractivity contribution is -0.192. The fourth-order valence-corrected chi connectivity index (χ4v) is 4.46. The molecule has 1 amide bonds. The first-order valence-corrected chi connectivity index (χ1v) is 13.4. The van der Waals surface area contributed by atoms with Gasteiger partial charge in [0, 0.05) is 42.9 Å². The molecule has 228 valence electrons. The number of halogens is 4. The number of aliphatic carboxylic acids is 1. The van der Waals surface area contributed by atoms with Crippen molar-refractivity contribution in [3.05, 3.63) is 88.7 Å². The Morgan fingerprint density at radius 1 is 1.00 bits per heavy atom. The van der Waals surface area contributed by atoms with Gasteiger partial charge >= 0.3 is 12.1 Å². The van der Waals surface area contributed by atoms with Crippen molar-refractivity contribution < 1.29 is 37.0 Å². The molecule has 0 saturated carbocycles. The van der Waals surface area contributed by atoms with Crippen molar-refractivity contribution >= 4 is 11.9 Å². The minimum atomic E-state index is -5.08. The molecule has 0 radical (unpaired) electrons. The lowest BCUT2D eigenvalue weighted by Gasteiger charge is -2.22. The number of rotatable bonds is 7. The van der Waals surface area contributed by atoms with Gasteiger partial charge in [-0.25, -0.2) is 9.18 Å². The smallest absolute Gasteiger partial charge is 0.490 e. The maximum Gasteiger partial charge on any atom is 0.490 e. The van der Waals surface area contributed by atoms with Crippen molar-refractivity contribution in [2.45, 2.75) is 25.7 Å². The second-order valence-electron chi connectivity index (χ2n) is 9.94. The van der Waals surface area contributed by atoms with E-state index in [0.717, 1.165) is 61.6 Å². The Hall–Kier alpha value is -4.47. The van der Waals surface area contributed by atoms with E-state index in [2.05, 4.69) is 28.2 Å². The van der Waals surface area contributed by atoms with Crippen LogP contribution in [0.5, 0.6) is 5.75 Å². The molecule has 1 saturated heterocycles. The SMILES string of the molecule is COc1ccc(-c2ccc(CNC(=O)c3cccc(C#N)c3)c(F)c2)cc1CN1CCCN(C)CC1.O=C(O)C(F)(F)F. The highest BCUT2D eigenvalue weighted by atomic mass is 19.4. The molecule has 0 bridgehead atoms. The average molecular weight is 601 g/mol. The Bertz CT molecular complexity index is 1470. The highest BCUT2D eigenvalue weighted by molar-refractivity contribution is 5.94. The van der Waals surface area contributed by atoms with Crippen molar-refractivity contribution in [1.29, 1.82) is 5.26 Å². The van der Waals surface area contributed by atoms with E-state index in [4.69, 9.17) is 19.9 Å². The number of nitrogens with one attached hydrogen (secondary N) is 1. The number of nitrogens with zero attached hydrogens (tertiary/aromatic N) is 3. The number of carbonyl (C=O) groups is 2. The third-order valence-electron chi connectivity index (χ3n) is 6.81. The van der Waals surface area contributed by atoms with E-state index in [-0.39, 0.29) is 18.3 Å². The van der Waals surface area contributed by atoms with Crippen LogP contribution in [0.3, 0.4) is 0 Å². The van der Waals surface area contributed by atoms with Gasteiger partial charge in [-0.3, -0.25) is 9.69 Å². The fourth-order valence-electron chi connectivity index (χ4n) is 4.46. The Morgan fingerprint density at radius 2 is 1.70 bits per heavy atom. The maximum absolute atomic E-state index is 15.0.